The lowest BCUT2D eigenvalue weighted by atomic mass is 9.94. The second-order valence-electron chi connectivity index (χ2n) is 6.17. The van der Waals surface area contributed by atoms with Crippen LogP contribution < -0.4 is 5.32 Å². The molecule has 1 aromatic carbocycles. The van der Waals surface area contributed by atoms with E-state index in [1.165, 1.54) is 18.1 Å². The van der Waals surface area contributed by atoms with Crippen LogP contribution in [0.15, 0.2) is 42.5 Å². The molecule has 1 saturated carbocycles. The molecule has 2 atom stereocenters. The molecular formula is C17H15F3N2. The fourth-order valence-electron chi connectivity index (χ4n) is 3.52. The lowest BCUT2D eigenvalue weighted by molar-refractivity contribution is -0.141. The van der Waals surface area contributed by atoms with Crippen molar-refractivity contribution < 1.29 is 13.2 Å². The van der Waals surface area contributed by atoms with Gasteiger partial charge in [0.1, 0.15) is 5.69 Å². The molecule has 2 fully saturated rings. The van der Waals surface area contributed by atoms with Gasteiger partial charge >= 0.3 is 6.18 Å². The Hall–Kier alpha value is -1.88. The quantitative estimate of drug-likeness (QED) is 0.916. The summed E-state index contributed by atoms with van der Waals surface area (Å²) in [5.41, 5.74) is 1.76. The van der Waals surface area contributed by atoms with Gasteiger partial charge in [-0.05, 0) is 36.6 Å². The van der Waals surface area contributed by atoms with Crippen molar-refractivity contribution >= 4 is 0 Å². The van der Waals surface area contributed by atoms with Gasteiger partial charge in [-0.25, -0.2) is 4.98 Å². The lowest BCUT2D eigenvalue weighted by Gasteiger charge is -2.13. The maximum Gasteiger partial charge on any atom is 0.433 e. The zero-order valence-electron chi connectivity index (χ0n) is 11.8. The maximum atomic E-state index is 12.7. The minimum atomic E-state index is -4.41. The largest absolute Gasteiger partial charge is 0.433 e. The van der Waals surface area contributed by atoms with Gasteiger partial charge in [-0.15, -0.1) is 0 Å². The normalized spacial score (nSPS) is 26.8. The molecule has 1 aliphatic heterocycles. The van der Waals surface area contributed by atoms with E-state index in [-0.39, 0.29) is 5.41 Å². The molecule has 1 N–H and O–H groups in total. The number of piperidine rings is 1. The number of hydrogen-bond acceptors (Lipinski definition) is 2. The molecule has 114 valence electrons. The predicted molar refractivity (Wildman–Crippen MR) is 77.3 cm³/mol. The number of alkyl halides is 3. The highest BCUT2D eigenvalue weighted by Gasteiger charge is 2.57. The molecule has 0 spiro atoms. The number of hydrogen-bond donors (Lipinski definition) is 1. The smallest absolute Gasteiger partial charge is 0.316 e. The van der Waals surface area contributed by atoms with E-state index in [2.05, 4.69) is 10.3 Å². The number of fused-ring (bicyclic) bond motifs is 1. The van der Waals surface area contributed by atoms with Gasteiger partial charge in [0.05, 0.1) is 5.69 Å². The van der Waals surface area contributed by atoms with Crippen molar-refractivity contribution in [1.82, 2.24) is 10.3 Å². The number of nitrogens with one attached hydrogen (secondary N) is 1. The molecule has 5 heteroatoms. The van der Waals surface area contributed by atoms with Crippen LogP contribution in [0.4, 0.5) is 13.2 Å². The number of pyridine rings is 1. The highest BCUT2D eigenvalue weighted by atomic mass is 19.4. The Kier molecular flexibility index (Phi) is 2.85. The predicted octanol–water partition coefficient (Wildman–Crippen LogP) is 3.63. The average molecular weight is 304 g/mol. The molecule has 0 amide bonds. The monoisotopic (exact) mass is 304 g/mol. The summed E-state index contributed by atoms with van der Waals surface area (Å²) in [6.07, 6.45) is -3.20. The minimum Gasteiger partial charge on any atom is -0.316 e. The van der Waals surface area contributed by atoms with Crippen molar-refractivity contribution in [3.05, 3.63) is 53.7 Å². The molecule has 1 aliphatic carbocycles. The second-order valence-corrected chi connectivity index (χ2v) is 6.17. The van der Waals surface area contributed by atoms with Crippen LogP contribution in [0.1, 0.15) is 17.7 Å². The molecular weight excluding hydrogens is 289 g/mol. The summed E-state index contributed by atoms with van der Waals surface area (Å²) in [5, 5.41) is 3.39. The summed E-state index contributed by atoms with van der Waals surface area (Å²) >= 11 is 0. The maximum absolute atomic E-state index is 12.7. The molecule has 22 heavy (non-hydrogen) atoms. The van der Waals surface area contributed by atoms with Gasteiger partial charge in [-0.2, -0.15) is 13.2 Å². The van der Waals surface area contributed by atoms with Crippen molar-refractivity contribution in [2.75, 3.05) is 13.1 Å². The van der Waals surface area contributed by atoms with Gasteiger partial charge < -0.3 is 5.32 Å². The van der Waals surface area contributed by atoms with E-state index in [1.54, 1.807) is 6.07 Å². The standard InChI is InChI=1S/C17H15F3N2/c18-17(19,20)15-3-1-2-14(22-15)11-4-6-12(7-5-11)16-8-13(16)9-21-10-16/h1-7,13,21H,8-10H2/t13-,16?/m1/s1. The van der Waals surface area contributed by atoms with Crippen LogP contribution in [0.2, 0.25) is 0 Å². The van der Waals surface area contributed by atoms with Crippen LogP contribution in [-0.2, 0) is 11.6 Å². The van der Waals surface area contributed by atoms with Crippen molar-refractivity contribution in [1.29, 1.82) is 0 Å². The molecule has 0 bridgehead atoms. The zero-order valence-corrected chi connectivity index (χ0v) is 11.8. The SMILES string of the molecule is FC(F)(F)c1cccc(-c2ccc(C34CNC[C@H]3C4)cc2)n1. The van der Waals surface area contributed by atoms with Crippen molar-refractivity contribution in [2.45, 2.75) is 18.0 Å². The molecule has 1 saturated heterocycles. The number of rotatable bonds is 2. The highest BCUT2D eigenvalue weighted by molar-refractivity contribution is 5.60. The molecule has 1 unspecified atom stereocenters. The Balaban J connectivity index is 1.64. The fraction of sp³-hybridized carbons (Fsp3) is 0.353. The lowest BCUT2D eigenvalue weighted by Crippen LogP contribution is -2.19. The van der Waals surface area contributed by atoms with Gasteiger partial charge in [0.15, 0.2) is 0 Å². The Bertz CT molecular complexity index is 709. The third-order valence-electron chi connectivity index (χ3n) is 4.86. The van der Waals surface area contributed by atoms with E-state index < -0.39 is 11.9 Å². The summed E-state index contributed by atoms with van der Waals surface area (Å²) in [7, 11) is 0. The molecule has 2 nitrogen and oxygen atoms in total. The molecule has 4 rings (SSSR count). The summed E-state index contributed by atoms with van der Waals surface area (Å²) in [6, 6.07) is 11.8. The first-order chi connectivity index (χ1) is 10.5. The molecule has 2 heterocycles. The molecule has 1 aromatic heterocycles. The third-order valence-corrected chi connectivity index (χ3v) is 4.86. The fourth-order valence-corrected chi connectivity index (χ4v) is 3.52. The summed E-state index contributed by atoms with van der Waals surface area (Å²) in [5.74, 6) is 0.713. The van der Waals surface area contributed by atoms with Gasteiger partial charge in [0, 0.05) is 17.5 Å². The Morgan fingerprint density at radius 1 is 1.09 bits per heavy atom. The van der Waals surface area contributed by atoms with Crippen molar-refractivity contribution in [3.63, 3.8) is 0 Å². The van der Waals surface area contributed by atoms with Crippen molar-refractivity contribution in [2.24, 2.45) is 5.92 Å². The molecule has 2 aliphatic rings. The summed E-state index contributed by atoms with van der Waals surface area (Å²) in [6.45, 7) is 2.07. The van der Waals surface area contributed by atoms with Gasteiger partial charge in [0.25, 0.3) is 0 Å². The first kappa shape index (κ1) is 13.8. The van der Waals surface area contributed by atoms with E-state index in [4.69, 9.17) is 0 Å². The first-order valence-electron chi connectivity index (χ1n) is 7.35. The average Bonchev–Trinajstić information content (AvgIpc) is 3.08. The Morgan fingerprint density at radius 3 is 2.45 bits per heavy atom. The van der Waals surface area contributed by atoms with E-state index >= 15 is 0 Å². The van der Waals surface area contributed by atoms with E-state index in [0.717, 1.165) is 24.7 Å². The summed E-state index contributed by atoms with van der Waals surface area (Å²) in [4.78, 5) is 3.73. The number of nitrogens with zero attached hydrogens (tertiary/aromatic N) is 1. The summed E-state index contributed by atoms with van der Waals surface area (Å²) < 4.78 is 38.2. The van der Waals surface area contributed by atoms with Crippen LogP contribution in [0, 0.1) is 5.92 Å². The van der Waals surface area contributed by atoms with Crippen LogP contribution in [0.25, 0.3) is 11.3 Å². The second kappa shape index (κ2) is 4.56. The van der Waals surface area contributed by atoms with Crippen LogP contribution in [-0.4, -0.2) is 18.1 Å². The number of benzene rings is 1. The van der Waals surface area contributed by atoms with Gasteiger partial charge in [-0.1, -0.05) is 30.3 Å². The van der Waals surface area contributed by atoms with E-state index in [0.29, 0.717) is 11.6 Å². The van der Waals surface area contributed by atoms with E-state index in [9.17, 15) is 13.2 Å². The van der Waals surface area contributed by atoms with Crippen LogP contribution in [0.3, 0.4) is 0 Å². The molecule has 0 radical (unpaired) electrons. The topological polar surface area (TPSA) is 24.9 Å². The number of halogens is 3. The van der Waals surface area contributed by atoms with Gasteiger partial charge in [0.2, 0.25) is 0 Å². The van der Waals surface area contributed by atoms with Gasteiger partial charge in [-0.3, -0.25) is 0 Å². The minimum absolute atomic E-state index is 0.264. The number of aromatic nitrogens is 1. The first-order valence-corrected chi connectivity index (χ1v) is 7.35. The van der Waals surface area contributed by atoms with Crippen molar-refractivity contribution in [3.8, 4) is 11.3 Å². The zero-order chi connectivity index (χ0) is 15.4. The van der Waals surface area contributed by atoms with Crippen LogP contribution in [0.5, 0.6) is 0 Å². The Morgan fingerprint density at radius 2 is 1.86 bits per heavy atom. The van der Waals surface area contributed by atoms with E-state index in [1.807, 2.05) is 24.3 Å². The third kappa shape index (κ3) is 2.11. The highest BCUT2D eigenvalue weighted by Crippen LogP contribution is 2.56. The Labute approximate surface area is 126 Å². The molecule has 2 aromatic rings. The van der Waals surface area contributed by atoms with Crippen LogP contribution >= 0.6 is 0 Å².